The Balaban J connectivity index is 2.36. The molecule has 1 aliphatic carbocycles. The monoisotopic (exact) mass is 189 g/mol. The summed E-state index contributed by atoms with van der Waals surface area (Å²) in [6, 6.07) is 1.81. The van der Waals surface area contributed by atoms with Gasteiger partial charge in [-0.2, -0.15) is 9.61 Å². The van der Waals surface area contributed by atoms with Crippen molar-refractivity contribution in [2.45, 2.75) is 25.7 Å². The van der Waals surface area contributed by atoms with Crippen molar-refractivity contribution < 1.29 is 5.11 Å². The minimum absolute atomic E-state index is 0.273. The Morgan fingerprint density at radius 1 is 1.29 bits per heavy atom. The summed E-state index contributed by atoms with van der Waals surface area (Å²) in [4.78, 5) is 4.48. The van der Waals surface area contributed by atoms with Gasteiger partial charge in [-0.25, -0.2) is 4.98 Å². The van der Waals surface area contributed by atoms with Gasteiger partial charge in [-0.15, -0.1) is 0 Å². The molecule has 0 saturated carbocycles. The third-order valence-electron chi connectivity index (χ3n) is 2.78. The number of hydrogen-bond donors (Lipinski definition) is 1. The zero-order valence-corrected chi connectivity index (χ0v) is 7.77. The van der Waals surface area contributed by atoms with Gasteiger partial charge in [-0.3, -0.25) is 0 Å². The van der Waals surface area contributed by atoms with Crippen molar-refractivity contribution in [3.05, 3.63) is 23.5 Å². The molecule has 0 spiro atoms. The number of aromatic hydroxyl groups is 1. The molecule has 3 rings (SSSR count). The van der Waals surface area contributed by atoms with E-state index in [0.717, 1.165) is 36.2 Å². The van der Waals surface area contributed by atoms with Crippen molar-refractivity contribution in [3.63, 3.8) is 0 Å². The van der Waals surface area contributed by atoms with Gasteiger partial charge in [0.25, 0.3) is 0 Å². The van der Waals surface area contributed by atoms with E-state index >= 15 is 0 Å². The molecule has 0 unspecified atom stereocenters. The van der Waals surface area contributed by atoms with Gasteiger partial charge in [0.2, 0.25) is 5.88 Å². The van der Waals surface area contributed by atoms with E-state index in [9.17, 15) is 5.11 Å². The van der Waals surface area contributed by atoms with Crippen molar-refractivity contribution in [1.29, 1.82) is 0 Å². The highest BCUT2D eigenvalue weighted by Gasteiger charge is 2.17. The lowest BCUT2D eigenvalue weighted by Gasteiger charge is -2.15. The van der Waals surface area contributed by atoms with Gasteiger partial charge in [-0.1, -0.05) is 0 Å². The van der Waals surface area contributed by atoms with Gasteiger partial charge < -0.3 is 5.11 Å². The van der Waals surface area contributed by atoms with Crippen LogP contribution in [0.15, 0.2) is 12.3 Å². The van der Waals surface area contributed by atoms with Gasteiger partial charge in [-0.05, 0) is 25.7 Å². The molecule has 4 nitrogen and oxygen atoms in total. The topological polar surface area (TPSA) is 50.4 Å². The van der Waals surface area contributed by atoms with Gasteiger partial charge in [0.1, 0.15) is 0 Å². The number of rotatable bonds is 0. The Kier molecular flexibility index (Phi) is 1.50. The zero-order chi connectivity index (χ0) is 9.54. The lowest BCUT2D eigenvalue weighted by molar-refractivity contribution is 0.421. The highest BCUT2D eigenvalue weighted by molar-refractivity contribution is 5.45. The van der Waals surface area contributed by atoms with Crippen LogP contribution in [0.4, 0.5) is 0 Å². The van der Waals surface area contributed by atoms with Crippen LogP contribution in [0.2, 0.25) is 0 Å². The lowest BCUT2D eigenvalue weighted by atomic mass is 9.97. The molecule has 72 valence electrons. The van der Waals surface area contributed by atoms with Crippen LogP contribution in [0.25, 0.3) is 5.65 Å². The number of aromatic nitrogens is 3. The first-order chi connectivity index (χ1) is 6.86. The predicted molar refractivity (Wildman–Crippen MR) is 51.3 cm³/mol. The molecule has 0 fully saturated rings. The van der Waals surface area contributed by atoms with E-state index in [2.05, 4.69) is 10.1 Å². The maximum Gasteiger partial charge on any atom is 0.219 e. The largest absolute Gasteiger partial charge is 0.493 e. The van der Waals surface area contributed by atoms with Gasteiger partial charge in [0.05, 0.1) is 11.9 Å². The zero-order valence-electron chi connectivity index (χ0n) is 7.77. The molecule has 0 radical (unpaired) electrons. The van der Waals surface area contributed by atoms with Crippen LogP contribution in [-0.4, -0.2) is 19.7 Å². The third-order valence-corrected chi connectivity index (χ3v) is 2.78. The molecule has 1 N–H and O–H groups in total. The fourth-order valence-electron chi connectivity index (χ4n) is 2.06. The molecule has 1 aliphatic rings. The summed E-state index contributed by atoms with van der Waals surface area (Å²) in [5, 5.41) is 14.0. The molecule has 0 saturated heterocycles. The number of aryl methyl sites for hydroxylation is 1. The summed E-state index contributed by atoms with van der Waals surface area (Å²) in [6.07, 6.45) is 5.86. The van der Waals surface area contributed by atoms with Crippen LogP contribution in [0, 0.1) is 0 Å². The van der Waals surface area contributed by atoms with Crippen LogP contribution >= 0.6 is 0 Å². The molecule has 0 atom stereocenters. The summed E-state index contributed by atoms with van der Waals surface area (Å²) < 4.78 is 1.50. The van der Waals surface area contributed by atoms with Crippen LogP contribution in [-0.2, 0) is 12.8 Å². The maximum absolute atomic E-state index is 9.94. The number of hydrogen-bond acceptors (Lipinski definition) is 3. The van der Waals surface area contributed by atoms with Crippen molar-refractivity contribution in [3.8, 4) is 5.88 Å². The molecule has 0 aliphatic heterocycles. The fraction of sp³-hybridized carbons (Fsp3) is 0.400. The number of fused-ring (bicyclic) bond motifs is 2. The highest BCUT2D eigenvalue weighted by Crippen LogP contribution is 2.27. The minimum Gasteiger partial charge on any atom is -0.493 e. The molecule has 4 heteroatoms. The van der Waals surface area contributed by atoms with Crippen LogP contribution < -0.4 is 0 Å². The molecule has 2 aromatic rings. The Bertz CT molecular complexity index is 489. The predicted octanol–water partition coefficient (Wildman–Crippen LogP) is 1.31. The molecule has 14 heavy (non-hydrogen) atoms. The third kappa shape index (κ3) is 0.937. The summed E-state index contributed by atoms with van der Waals surface area (Å²) in [7, 11) is 0. The van der Waals surface area contributed by atoms with Gasteiger partial charge >= 0.3 is 0 Å². The van der Waals surface area contributed by atoms with Crippen molar-refractivity contribution in [2.24, 2.45) is 0 Å². The second-order valence-corrected chi connectivity index (χ2v) is 3.67. The second-order valence-electron chi connectivity index (χ2n) is 3.67. The van der Waals surface area contributed by atoms with Gasteiger partial charge in [0.15, 0.2) is 5.65 Å². The second kappa shape index (κ2) is 2.70. The summed E-state index contributed by atoms with van der Waals surface area (Å²) in [5.41, 5.74) is 2.76. The van der Waals surface area contributed by atoms with Crippen molar-refractivity contribution in [2.75, 3.05) is 0 Å². The Hall–Kier alpha value is -1.58. The van der Waals surface area contributed by atoms with Crippen LogP contribution in [0.5, 0.6) is 5.88 Å². The van der Waals surface area contributed by atoms with Gasteiger partial charge in [0, 0.05) is 11.6 Å². The van der Waals surface area contributed by atoms with Crippen LogP contribution in [0.3, 0.4) is 0 Å². The fourth-order valence-corrected chi connectivity index (χ4v) is 2.06. The Labute approximate surface area is 81.2 Å². The highest BCUT2D eigenvalue weighted by atomic mass is 16.3. The Morgan fingerprint density at radius 2 is 2.14 bits per heavy atom. The average molecular weight is 189 g/mol. The first kappa shape index (κ1) is 7.79. The standard InChI is InChI=1S/C10H11N3O/c14-10-7-3-1-2-4-8(7)12-9-5-6-11-13(9)10/h5-6,14H,1-4H2. The van der Waals surface area contributed by atoms with Crippen molar-refractivity contribution >= 4 is 5.65 Å². The number of nitrogens with zero attached hydrogens (tertiary/aromatic N) is 3. The molecular formula is C10H11N3O. The van der Waals surface area contributed by atoms with Crippen LogP contribution in [0.1, 0.15) is 24.1 Å². The van der Waals surface area contributed by atoms with E-state index in [0.29, 0.717) is 0 Å². The summed E-state index contributed by atoms with van der Waals surface area (Å²) in [6.45, 7) is 0. The molecule has 0 aromatic carbocycles. The molecule has 2 aromatic heterocycles. The average Bonchev–Trinajstić information content (AvgIpc) is 2.66. The Morgan fingerprint density at radius 3 is 3.07 bits per heavy atom. The smallest absolute Gasteiger partial charge is 0.219 e. The molecule has 0 bridgehead atoms. The first-order valence-electron chi connectivity index (χ1n) is 4.91. The molecule has 2 heterocycles. The lowest BCUT2D eigenvalue weighted by Crippen LogP contribution is -2.08. The normalized spacial score (nSPS) is 15.7. The van der Waals surface area contributed by atoms with E-state index in [1.807, 2.05) is 6.07 Å². The quantitative estimate of drug-likeness (QED) is 0.679. The SMILES string of the molecule is Oc1c2c(nc3ccnn13)CCCC2. The van der Waals surface area contributed by atoms with E-state index < -0.39 is 0 Å². The maximum atomic E-state index is 9.94. The van der Waals surface area contributed by atoms with E-state index in [-0.39, 0.29) is 5.88 Å². The summed E-state index contributed by atoms with van der Waals surface area (Å²) >= 11 is 0. The van der Waals surface area contributed by atoms with E-state index in [4.69, 9.17) is 0 Å². The van der Waals surface area contributed by atoms with Crippen molar-refractivity contribution in [1.82, 2.24) is 14.6 Å². The molecule has 0 amide bonds. The molecular weight excluding hydrogens is 178 g/mol. The first-order valence-corrected chi connectivity index (χ1v) is 4.91. The minimum atomic E-state index is 0.273. The summed E-state index contributed by atoms with van der Waals surface area (Å²) in [5.74, 6) is 0.273. The van der Waals surface area contributed by atoms with E-state index in [1.165, 1.54) is 10.9 Å². The van der Waals surface area contributed by atoms with E-state index in [1.54, 1.807) is 6.20 Å².